The fraction of sp³-hybridized carbons (Fsp3) is 1.00. The van der Waals surface area contributed by atoms with Crippen LogP contribution < -0.4 is 5.32 Å². The number of nitrogens with one attached hydrogen (secondary N) is 1. The van der Waals surface area contributed by atoms with Crippen molar-refractivity contribution >= 4 is 0 Å². The molecule has 1 fully saturated rings. The summed E-state index contributed by atoms with van der Waals surface area (Å²) in [7, 11) is 3.34. The van der Waals surface area contributed by atoms with Crippen molar-refractivity contribution in [2.24, 2.45) is 0 Å². The Morgan fingerprint density at radius 3 is 2.47 bits per heavy atom. The third kappa shape index (κ3) is 4.21. The number of ether oxygens (including phenoxy) is 3. The van der Waals surface area contributed by atoms with Crippen LogP contribution in [-0.2, 0) is 14.2 Å². The minimum absolute atomic E-state index is 0.0750. The van der Waals surface area contributed by atoms with Gasteiger partial charge in [-0.15, -0.1) is 0 Å². The molecule has 0 aromatic rings. The molecule has 4 nitrogen and oxygen atoms in total. The second kappa shape index (κ2) is 7.31. The lowest BCUT2D eigenvalue weighted by Crippen LogP contribution is -2.48. The standard InChI is InChI=1S/C13H27NO3/c1-5-13(6-2)9-11(7-8-17-13)14-10-12(15-3)16-4/h11-12,14H,5-10H2,1-4H3. The van der Waals surface area contributed by atoms with Crippen LogP contribution in [0.4, 0.5) is 0 Å². The highest BCUT2D eigenvalue weighted by Gasteiger charge is 2.34. The normalized spacial score (nSPS) is 24.2. The van der Waals surface area contributed by atoms with E-state index in [1.165, 1.54) is 0 Å². The molecule has 0 bridgehead atoms. The molecule has 17 heavy (non-hydrogen) atoms. The maximum absolute atomic E-state index is 5.95. The SMILES string of the molecule is CCC1(CC)CC(NCC(OC)OC)CCO1. The molecule has 1 atom stereocenters. The first-order chi connectivity index (χ1) is 8.19. The van der Waals surface area contributed by atoms with Gasteiger partial charge in [0.25, 0.3) is 0 Å². The van der Waals surface area contributed by atoms with Crippen molar-refractivity contribution in [1.82, 2.24) is 5.32 Å². The van der Waals surface area contributed by atoms with Crippen LogP contribution in [0.1, 0.15) is 39.5 Å². The van der Waals surface area contributed by atoms with Crippen molar-refractivity contribution in [3.8, 4) is 0 Å². The van der Waals surface area contributed by atoms with Crippen molar-refractivity contribution in [1.29, 1.82) is 0 Å². The molecule has 1 aliphatic heterocycles. The highest BCUT2D eigenvalue weighted by molar-refractivity contribution is 4.88. The highest BCUT2D eigenvalue weighted by atomic mass is 16.7. The number of hydrogen-bond acceptors (Lipinski definition) is 4. The van der Waals surface area contributed by atoms with Gasteiger partial charge in [-0.1, -0.05) is 13.8 Å². The van der Waals surface area contributed by atoms with Gasteiger partial charge in [-0.2, -0.15) is 0 Å². The average molecular weight is 245 g/mol. The summed E-state index contributed by atoms with van der Waals surface area (Å²) in [4.78, 5) is 0. The summed E-state index contributed by atoms with van der Waals surface area (Å²) in [6, 6.07) is 0.511. The largest absolute Gasteiger partial charge is 0.375 e. The van der Waals surface area contributed by atoms with Gasteiger partial charge in [-0.05, 0) is 25.7 Å². The van der Waals surface area contributed by atoms with E-state index in [9.17, 15) is 0 Å². The Balaban J connectivity index is 2.39. The Bertz CT molecular complexity index is 203. The molecule has 0 aromatic carbocycles. The van der Waals surface area contributed by atoms with Crippen LogP contribution in [0, 0.1) is 0 Å². The second-order valence-corrected chi connectivity index (χ2v) is 4.74. The summed E-state index contributed by atoms with van der Waals surface area (Å²) in [6.45, 7) is 6.00. The van der Waals surface area contributed by atoms with Crippen LogP contribution in [0.5, 0.6) is 0 Å². The Hall–Kier alpha value is -0.160. The average Bonchev–Trinajstić information content (AvgIpc) is 2.40. The summed E-state index contributed by atoms with van der Waals surface area (Å²) in [5.41, 5.74) is 0.0750. The van der Waals surface area contributed by atoms with Crippen molar-refractivity contribution in [3.05, 3.63) is 0 Å². The topological polar surface area (TPSA) is 39.7 Å². The van der Waals surface area contributed by atoms with Gasteiger partial charge in [0.15, 0.2) is 6.29 Å². The number of methoxy groups -OCH3 is 2. The third-order valence-corrected chi connectivity index (χ3v) is 3.88. The third-order valence-electron chi connectivity index (χ3n) is 3.88. The Labute approximate surface area is 105 Å². The lowest BCUT2D eigenvalue weighted by atomic mass is 9.86. The molecule has 1 heterocycles. The van der Waals surface area contributed by atoms with Crippen LogP contribution in [0.15, 0.2) is 0 Å². The lowest BCUT2D eigenvalue weighted by molar-refractivity contribution is -0.113. The maximum atomic E-state index is 5.95. The second-order valence-electron chi connectivity index (χ2n) is 4.74. The number of rotatable bonds is 7. The molecule has 0 radical (unpaired) electrons. The highest BCUT2D eigenvalue weighted by Crippen LogP contribution is 2.31. The fourth-order valence-electron chi connectivity index (χ4n) is 2.47. The van der Waals surface area contributed by atoms with E-state index in [4.69, 9.17) is 14.2 Å². The molecule has 1 aliphatic rings. The Kier molecular flexibility index (Phi) is 6.41. The van der Waals surface area contributed by atoms with Gasteiger partial charge in [0.05, 0.1) is 5.60 Å². The molecule has 1 N–H and O–H groups in total. The van der Waals surface area contributed by atoms with Crippen molar-refractivity contribution in [2.75, 3.05) is 27.4 Å². The van der Waals surface area contributed by atoms with E-state index in [1.807, 2.05) is 0 Å². The van der Waals surface area contributed by atoms with E-state index in [0.717, 1.165) is 38.8 Å². The van der Waals surface area contributed by atoms with Crippen LogP contribution in [0.2, 0.25) is 0 Å². The van der Waals surface area contributed by atoms with Gasteiger partial charge in [-0.25, -0.2) is 0 Å². The maximum Gasteiger partial charge on any atom is 0.169 e. The molecule has 0 aliphatic carbocycles. The summed E-state index contributed by atoms with van der Waals surface area (Å²) < 4.78 is 16.3. The van der Waals surface area contributed by atoms with Crippen LogP contribution in [0.25, 0.3) is 0 Å². The quantitative estimate of drug-likeness (QED) is 0.696. The Morgan fingerprint density at radius 2 is 1.94 bits per heavy atom. The van der Waals surface area contributed by atoms with Crippen molar-refractivity contribution < 1.29 is 14.2 Å². The first-order valence-corrected chi connectivity index (χ1v) is 6.62. The van der Waals surface area contributed by atoms with Gasteiger partial charge < -0.3 is 19.5 Å². The smallest absolute Gasteiger partial charge is 0.169 e. The van der Waals surface area contributed by atoms with Gasteiger partial charge in [0, 0.05) is 33.4 Å². The molecule has 1 rings (SSSR count). The molecule has 0 aromatic heterocycles. The summed E-state index contributed by atoms with van der Waals surface area (Å²) in [5.74, 6) is 0. The van der Waals surface area contributed by atoms with E-state index in [2.05, 4.69) is 19.2 Å². The molecule has 0 spiro atoms. The monoisotopic (exact) mass is 245 g/mol. The van der Waals surface area contributed by atoms with Crippen LogP contribution in [0.3, 0.4) is 0 Å². The van der Waals surface area contributed by atoms with Crippen molar-refractivity contribution in [2.45, 2.75) is 57.5 Å². The first kappa shape index (κ1) is 14.9. The first-order valence-electron chi connectivity index (χ1n) is 6.62. The molecular formula is C13H27NO3. The van der Waals surface area contributed by atoms with E-state index in [-0.39, 0.29) is 11.9 Å². The predicted molar refractivity (Wildman–Crippen MR) is 68.1 cm³/mol. The fourth-order valence-corrected chi connectivity index (χ4v) is 2.47. The molecule has 1 unspecified atom stereocenters. The molecule has 0 amide bonds. The van der Waals surface area contributed by atoms with Gasteiger partial charge in [0.2, 0.25) is 0 Å². The van der Waals surface area contributed by atoms with E-state index in [0.29, 0.717) is 6.04 Å². The van der Waals surface area contributed by atoms with Gasteiger partial charge >= 0.3 is 0 Å². The minimum atomic E-state index is -0.157. The molecule has 1 saturated heterocycles. The zero-order valence-electron chi connectivity index (χ0n) is 11.6. The minimum Gasteiger partial charge on any atom is -0.375 e. The summed E-state index contributed by atoms with van der Waals surface area (Å²) in [6.07, 6.45) is 4.16. The van der Waals surface area contributed by atoms with E-state index < -0.39 is 0 Å². The predicted octanol–water partition coefficient (Wildman–Crippen LogP) is 1.93. The van der Waals surface area contributed by atoms with E-state index >= 15 is 0 Å². The summed E-state index contributed by atoms with van der Waals surface area (Å²) in [5, 5.41) is 3.52. The molecule has 4 heteroatoms. The number of hydrogen-bond donors (Lipinski definition) is 1. The molecular weight excluding hydrogens is 218 g/mol. The lowest BCUT2D eigenvalue weighted by Gasteiger charge is -2.40. The van der Waals surface area contributed by atoms with E-state index in [1.54, 1.807) is 14.2 Å². The summed E-state index contributed by atoms with van der Waals surface area (Å²) >= 11 is 0. The van der Waals surface area contributed by atoms with Crippen molar-refractivity contribution in [3.63, 3.8) is 0 Å². The Morgan fingerprint density at radius 1 is 1.29 bits per heavy atom. The molecule has 0 saturated carbocycles. The molecule has 102 valence electrons. The van der Waals surface area contributed by atoms with Gasteiger partial charge in [0.1, 0.15) is 0 Å². The zero-order chi connectivity index (χ0) is 12.7. The van der Waals surface area contributed by atoms with Crippen LogP contribution in [-0.4, -0.2) is 45.3 Å². The zero-order valence-corrected chi connectivity index (χ0v) is 11.6. The van der Waals surface area contributed by atoms with Gasteiger partial charge in [-0.3, -0.25) is 0 Å². The van der Waals surface area contributed by atoms with Crippen LogP contribution >= 0.6 is 0 Å².